The van der Waals surface area contributed by atoms with E-state index in [1.54, 1.807) is 0 Å². The van der Waals surface area contributed by atoms with Crippen LogP contribution in [-0.2, 0) is 10.1 Å². The molecule has 25 heavy (non-hydrogen) atoms. The third-order valence-corrected chi connectivity index (χ3v) is 4.25. The van der Waals surface area contributed by atoms with Crippen molar-refractivity contribution in [3.8, 4) is 0 Å². The largest absolute Gasteiger partial charge is 0.368 e. The summed E-state index contributed by atoms with van der Waals surface area (Å²) in [5.74, 6) is 0.0451. The number of anilines is 3. The maximum atomic E-state index is 10.4. The number of hydrogen-bond donors (Lipinski definition) is 4. The summed E-state index contributed by atoms with van der Waals surface area (Å²) in [4.78, 5) is 10.5. The van der Waals surface area contributed by atoms with Gasteiger partial charge in [-0.05, 0) is 6.42 Å². The van der Waals surface area contributed by atoms with Gasteiger partial charge in [0, 0.05) is 0 Å². The highest BCUT2D eigenvalue weighted by Crippen LogP contribution is 2.10. The first-order chi connectivity index (χ1) is 11.7. The lowest BCUT2D eigenvalue weighted by atomic mass is 10.1. The Morgan fingerprint density at radius 2 is 1.04 bits per heavy atom. The van der Waals surface area contributed by atoms with Crippen LogP contribution in [0.25, 0.3) is 0 Å². The van der Waals surface area contributed by atoms with Gasteiger partial charge in [0.05, 0.1) is 5.75 Å². The lowest BCUT2D eigenvalue weighted by Crippen LogP contribution is -2.05. The first kappa shape index (κ1) is 23.3. The van der Waals surface area contributed by atoms with E-state index in [9.17, 15) is 8.42 Å². The van der Waals surface area contributed by atoms with Crippen molar-refractivity contribution in [3.05, 3.63) is 0 Å². The predicted octanol–water partition coefficient (Wildman–Crippen LogP) is 2.41. The highest BCUT2D eigenvalue weighted by molar-refractivity contribution is 7.85. The molecule has 0 saturated heterocycles. The lowest BCUT2D eigenvalue weighted by molar-refractivity contribution is 0.478. The number of nitrogens with zero attached hydrogens (tertiary/aromatic N) is 3. The van der Waals surface area contributed by atoms with Gasteiger partial charge in [-0.15, -0.1) is 0 Å². The average molecular weight is 377 g/mol. The zero-order valence-electron chi connectivity index (χ0n) is 15.0. The fourth-order valence-electron chi connectivity index (χ4n) is 2.20. The quantitative estimate of drug-likeness (QED) is 0.334. The molecule has 1 aromatic heterocycles. The molecular formula is C15H32N6O3S. The van der Waals surface area contributed by atoms with Crippen molar-refractivity contribution in [2.45, 2.75) is 71.1 Å². The van der Waals surface area contributed by atoms with Crippen molar-refractivity contribution < 1.29 is 13.0 Å². The number of nitrogens with two attached hydrogens (primary N) is 3. The molecule has 0 atom stereocenters. The van der Waals surface area contributed by atoms with Crippen molar-refractivity contribution in [2.24, 2.45) is 0 Å². The molecule has 0 aliphatic carbocycles. The third kappa shape index (κ3) is 16.9. The van der Waals surface area contributed by atoms with Gasteiger partial charge in [0.25, 0.3) is 10.1 Å². The van der Waals surface area contributed by atoms with Crippen LogP contribution in [0.5, 0.6) is 0 Å². The molecule has 0 radical (unpaired) electrons. The summed E-state index contributed by atoms with van der Waals surface area (Å²) in [6.07, 6.45) is 11.7. The van der Waals surface area contributed by atoms with Gasteiger partial charge in [-0.3, -0.25) is 4.55 Å². The molecule has 7 N–H and O–H groups in total. The van der Waals surface area contributed by atoms with E-state index in [0.717, 1.165) is 12.8 Å². The topological polar surface area (TPSA) is 171 Å². The fraction of sp³-hybridized carbons (Fsp3) is 0.800. The minimum atomic E-state index is -3.73. The third-order valence-electron chi connectivity index (χ3n) is 3.44. The Hall–Kier alpha value is -1.68. The first-order valence-electron chi connectivity index (χ1n) is 8.72. The van der Waals surface area contributed by atoms with E-state index >= 15 is 0 Å². The average Bonchev–Trinajstić information content (AvgIpc) is 2.47. The summed E-state index contributed by atoms with van der Waals surface area (Å²) in [5.41, 5.74) is 15.4. The molecule has 0 fully saturated rings. The molecule has 9 nitrogen and oxygen atoms in total. The molecule has 10 heteroatoms. The van der Waals surface area contributed by atoms with Crippen LogP contribution in [0.3, 0.4) is 0 Å². The fourth-order valence-corrected chi connectivity index (χ4v) is 2.77. The first-order valence-corrected chi connectivity index (χ1v) is 10.3. The molecule has 0 spiro atoms. The smallest absolute Gasteiger partial charge is 0.264 e. The van der Waals surface area contributed by atoms with Gasteiger partial charge in [-0.25, -0.2) is 0 Å². The highest BCUT2D eigenvalue weighted by Gasteiger charge is 2.02. The monoisotopic (exact) mass is 376 g/mol. The molecular weight excluding hydrogens is 344 g/mol. The van der Waals surface area contributed by atoms with Crippen LogP contribution in [0, 0.1) is 0 Å². The Morgan fingerprint density at radius 1 is 0.720 bits per heavy atom. The molecule has 0 aliphatic rings. The van der Waals surface area contributed by atoms with Crippen molar-refractivity contribution in [3.63, 3.8) is 0 Å². The van der Waals surface area contributed by atoms with Gasteiger partial charge in [0.15, 0.2) is 0 Å². The summed E-state index contributed by atoms with van der Waals surface area (Å²) in [7, 11) is -3.73. The van der Waals surface area contributed by atoms with Crippen molar-refractivity contribution in [1.82, 2.24) is 15.0 Å². The Balaban J connectivity index is 0.000000535. The van der Waals surface area contributed by atoms with E-state index in [-0.39, 0.29) is 23.6 Å². The van der Waals surface area contributed by atoms with Gasteiger partial charge in [-0.1, -0.05) is 64.7 Å². The van der Waals surface area contributed by atoms with E-state index in [1.165, 1.54) is 44.9 Å². The molecule has 1 aromatic rings. The summed E-state index contributed by atoms with van der Waals surface area (Å²) >= 11 is 0. The molecule has 0 aliphatic heterocycles. The molecule has 0 saturated carbocycles. The van der Waals surface area contributed by atoms with Crippen LogP contribution in [-0.4, -0.2) is 33.7 Å². The van der Waals surface area contributed by atoms with Crippen LogP contribution < -0.4 is 17.2 Å². The second-order valence-electron chi connectivity index (χ2n) is 5.88. The molecule has 0 amide bonds. The highest BCUT2D eigenvalue weighted by atomic mass is 32.2. The summed E-state index contributed by atoms with van der Waals surface area (Å²) in [5, 5.41) is 0. The van der Waals surface area contributed by atoms with E-state index in [0.29, 0.717) is 6.42 Å². The van der Waals surface area contributed by atoms with Crippen LogP contribution in [0.15, 0.2) is 0 Å². The van der Waals surface area contributed by atoms with Gasteiger partial charge in [0.2, 0.25) is 17.8 Å². The second kappa shape index (κ2) is 13.6. The van der Waals surface area contributed by atoms with E-state index < -0.39 is 10.1 Å². The number of hydrogen-bond acceptors (Lipinski definition) is 8. The second-order valence-corrected chi connectivity index (χ2v) is 7.45. The van der Waals surface area contributed by atoms with Crippen molar-refractivity contribution in [1.29, 1.82) is 0 Å². The molecule has 0 aromatic carbocycles. The zero-order valence-corrected chi connectivity index (χ0v) is 15.8. The maximum absolute atomic E-state index is 10.4. The van der Waals surface area contributed by atoms with Gasteiger partial charge < -0.3 is 17.2 Å². The molecule has 146 valence electrons. The van der Waals surface area contributed by atoms with Crippen LogP contribution in [0.4, 0.5) is 17.8 Å². The molecule has 1 heterocycles. The Morgan fingerprint density at radius 3 is 1.36 bits per heavy atom. The van der Waals surface area contributed by atoms with Gasteiger partial charge in [0.1, 0.15) is 0 Å². The van der Waals surface area contributed by atoms with E-state index in [4.69, 9.17) is 21.8 Å². The predicted molar refractivity (Wildman–Crippen MR) is 101 cm³/mol. The minimum absolute atomic E-state index is 0.0417. The van der Waals surface area contributed by atoms with Crippen molar-refractivity contribution >= 4 is 28.0 Å². The lowest BCUT2D eigenvalue weighted by Gasteiger charge is -2.01. The summed E-state index contributed by atoms with van der Waals surface area (Å²) in [6, 6.07) is 0. The van der Waals surface area contributed by atoms with Gasteiger partial charge in [-0.2, -0.15) is 23.4 Å². The summed E-state index contributed by atoms with van der Waals surface area (Å²) < 4.78 is 29.4. The molecule has 1 rings (SSSR count). The van der Waals surface area contributed by atoms with Crippen molar-refractivity contribution in [2.75, 3.05) is 23.0 Å². The zero-order chi connectivity index (χ0) is 19.1. The van der Waals surface area contributed by atoms with Crippen LogP contribution in [0.1, 0.15) is 71.1 Å². The van der Waals surface area contributed by atoms with Crippen LogP contribution in [0.2, 0.25) is 0 Å². The standard InChI is InChI=1S/C12H26O3S.C3H6N6/c1-2-3-4-5-6-7-8-9-10-11-12-16(13,14)15;4-1-7-2(5)9-3(6)8-1/h2-12H2,1H3,(H,13,14,15);(H6,4,5,6,7,8,9). The molecule has 0 bridgehead atoms. The number of rotatable bonds is 11. The molecule has 0 unspecified atom stereocenters. The Kier molecular flexibility index (Phi) is 12.7. The number of nitrogen functional groups attached to an aromatic ring is 3. The number of aromatic nitrogens is 3. The maximum Gasteiger partial charge on any atom is 0.264 e. The summed E-state index contributed by atoms with van der Waals surface area (Å²) in [6.45, 7) is 2.22. The van der Waals surface area contributed by atoms with Crippen LogP contribution >= 0.6 is 0 Å². The van der Waals surface area contributed by atoms with E-state index in [1.807, 2.05) is 0 Å². The number of unbranched alkanes of at least 4 members (excludes halogenated alkanes) is 9. The van der Waals surface area contributed by atoms with Gasteiger partial charge >= 0.3 is 0 Å². The Bertz CT molecular complexity index is 518. The normalized spacial score (nSPS) is 11.0. The Labute approximate surface area is 150 Å². The minimum Gasteiger partial charge on any atom is -0.368 e. The SMILES string of the molecule is CCCCCCCCCCCCS(=O)(=O)O.Nc1nc(N)nc(N)n1. The van der Waals surface area contributed by atoms with E-state index in [2.05, 4.69) is 21.9 Å².